The van der Waals surface area contributed by atoms with Gasteiger partial charge in [0, 0.05) is 13.7 Å². The van der Waals surface area contributed by atoms with E-state index in [2.05, 4.69) is 12.2 Å². The molecule has 0 bridgehead atoms. The predicted octanol–water partition coefficient (Wildman–Crippen LogP) is 0.266. The molecule has 0 heterocycles. The van der Waals surface area contributed by atoms with Crippen molar-refractivity contribution >= 4 is 5.91 Å². The minimum Gasteiger partial charge on any atom is -0.383 e. The molecule has 82 valence electrons. The van der Waals surface area contributed by atoms with Crippen LogP contribution in [0.4, 0.5) is 0 Å². The van der Waals surface area contributed by atoms with Crippen molar-refractivity contribution in [3.05, 3.63) is 0 Å². The molecule has 0 aromatic heterocycles. The van der Waals surface area contributed by atoms with Crippen LogP contribution in [-0.2, 0) is 9.53 Å². The summed E-state index contributed by atoms with van der Waals surface area (Å²) in [6.45, 7) is 3.38. The first kappa shape index (κ1) is 11.5. The van der Waals surface area contributed by atoms with Crippen LogP contribution < -0.4 is 11.1 Å². The Morgan fingerprint density at radius 1 is 1.71 bits per heavy atom. The van der Waals surface area contributed by atoms with Gasteiger partial charge in [-0.2, -0.15) is 0 Å². The third-order valence-electron chi connectivity index (χ3n) is 3.24. The van der Waals surface area contributed by atoms with Gasteiger partial charge in [-0.15, -0.1) is 0 Å². The summed E-state index contributed by atoms with van der Waals surface area (Å²) in [5.74, 6) is 0.107. The van der Waals surface area contributed by atoms with E-state index < -0.39 is 5.54 Å². The highest BCUT2D eigenvalue weighted by atomic mass is 16.5. The summed E-state index contributed by atoms with van der Waals surface area (Å²) in [7, 11) is 1.65. The lowest BCUT2D eigenvalue weighted by Crippen LogP contribution is -2.57. The molecule has 1 rings (SSSR count). The molecule has 1 amide bonds. The van der Waals surface area contributed by atoms with E-state index >= 15 is 0 Å². The minimum absolute atomic E-state index is 0.224. The molecule has 0 aromatic carbocycles. The monoisotopic (exact) mass is 200 g/mol. The third kappa shape index (κ3) is 2.07. The van der Waals surface area contributed by atoms with Crippen LogP contribution in [0.15, 0.2) is 0 Å². The summed E-state index contributed by atoms with van der Waals surface area (Å²) in [6.07, 6.45) is 3.00. The van der Waals surface area contributed by atoms with E-state index in [-0.39, 0.29) is 5.91 Å². The number of hydrogen-bond donors (Lipinski definition) is 2. The second-order valence-corrected chi connectivity index (χ2v) is 4.05. The number of ether oxygens (including phenoxy) is 1. The van der Waals surface area contributed by atoms with E-state index in [1.54, 1.807) is 7.11 Å². The lowest BCUT2D eigenvalue weighted by molar-refractivity contribution is -0.125. The molecule has 4 nitrogen and oxygen atoms in total. The molecular formula is C10H20N2O2. The van der Waals surface area contributed by atoms with Crippen molar-refractivity contribution in [2.24, 2.45) is 11.7 Å². The fourth-order valence-corrected chi connectivity index (χ4v) is 2.27. The first-order valence-electron chi connectivity index (χ1n) is 5.17. The summed E-state index contributed by atoms with van der Waals surface area (Å²) < 4.78 is 4.95. The molecule has 0 spiro atoms. The van der Waals surface area contributed by atoms with Crippen molar-refractivity contribution in [1.29, 1.82) is 0 Å². The van der Waals surface area contributed by atoms with E-state index in [0.717, 1.165) is 19.3 Å². The molecule has 2 unspecified atom stereocenters. The van der Waals surface area contributed by atoms with Gasteiger partial charge in [0.2, 0.25) is 5.91 Å². The Labute approximate surface area is 85.2 Å². The van der Waals surface area contributed by atoms with Gasteiger partial charge in [-0.3, -0.25) is 4.79 Å². The topological polar surface area (TPSA) is 64.3 Å². The molecule has 2 atom stereocenters. The standard InChI is InChI=1S/C10H20N2O2/c1-8-4-3-5-10(8,9(11)13)12-6-7-14-2/h8,12H,3-7H2,1-2H3,(H2,11,13). The van der Waals surface area contributed by atoms with Crippen molar-refractivity contribution in [3.8, 4) is 0 Å². The van der Waals surface area contributed by atoms with E-state index in [4.69, 9.17) is 10.5 Å². The van der Waals surface area contributed by atoms with Crippen molar-refractivity contribution in [2.45, 2.75) is 31.7 Å². The Morgan fingerprint density at radius 2 is 2.43 bits per heavy atom. The number of amides is 1. The van der Waals surface area contributed by atoms with Crippen LogP contribution in [0.25, 0.3) is 0 Å². The van der Waals surface area contributed by atoms with Gasteiger partial charge in [0.25, 0.3) is 0 Å². The van der Waals surface area contributed by atoms with E-state index in [0.29, 0.717) is 19.1 Å². The Hall–Kier alpha value is -0.610. The summed E-state index contributed by atoms with van der Waals surface area (Å²) in [5.41, 5.74) is 4.98. The highest BCUT2D eigenvalue weighted by Crippen LogP contribution is 2.34. The Kier molecular flexibility index (Phi) is 3.89. The van der Waals surface area contributed by atoms with Crippen LogP contribution in [0.1, 0.15) is 26.2 Å². The average molecular weight is 200 g/mol. The molecule has 0 aromatic rings. The van der Waals surface area contributed by atoms with Gasteiger partial charge in [-0.25, -0.2) is 0 Å². The van der Waals surface area contributed by atoms with Gasteiger partial charge >= 0.3 is 0 Å². The molecule has 4 heteroatoms. The molecule has 0 saturated heterocycles. The molecule has 0 aliphatic heterocycles. The van der Waals surface area contributed by atoms with E-state index in [1.165, 1.54) is 0 Å². The smallest absolute Gasteiger partial charge is 0.238 e. The molecule has 1 fully saturated rings. The molecule has 1 aliphatic rings. The number of carbonyl (C=O) groups is 1. The summed E-state index contributed by atoms with van der Waals surface area (Å²) in [4.78, 5) is 11.4. The lowest BCUT2D eigenvalue weighted by Gasteiger charge is -2.31. The highest BCUT2D eigenvalue weighted by Gasteiger charge is 2.44. The van der Waals surface area contributed by atoms with Gasteiger partial charge in [0.05, 0.1) is 6.61 Å². The van der Waals surface area contributed by atoms with Crippen LogP contribution >= 0.6 is 0 Å². The van der Waals surface area contributed by atoms with Gasteiger partial charge in [-0.05, 0) is 18.8 Å². The van der Waals surface area contributed by atoms with Crippen LogP contribution in [0, 0.1) is 5.92 Å². The first-order valence-corrected chi connectivity index (χ1v) is 5.17. The first-order chi connectivity index (χ1) is 6.63. The number of nitrogens with two attached hydrogens (primary N) is 1. The fraction of sp³-hybridized carbons (Fsp3) is 0.900. The zero-order valence-corrected chi connectivity index (χ0v) is 9.01. The van der Waals surface area contributed by atoms with Crippen molar-refractivity contribution < 1.29 is 9.53 Å². The van der Waals surface area contributed by atoms with Gasteiger partial charge in [0.15, 0.2) is 0 Å². The summed E-state index contributed by atoms with van der Waals surface area (Å²) in [6, 6.07) is 0. The van der Waals surface area contributed by atoms with Crippen molar-refractivity contribution in [1.82, 2.24) is 5.32 Å². The number of hydrogen-bond acceptors (Lipinski definition) is 3. The molecule has 0 radical (unpaired) electrons. The van der Waals surface area contributed by atoms with E-state index in [9.17, 15) is 4.79 Å². The maximum Gasteiger partial charge on any atom is 0.238 e. The lowest BCUT2D eigenvalue weighted by atomic mass is 9.87. The minimum atomic E-state index is -0.488. The van der Waals surface area contributed by atoms with Crippen LogP contribution in [-0.4, -0.2) is 31.7 Å². The third-order valence-corrected chi connectivity index (χ3v) is 3.24. The number of rotatable bonds is 5. The number of carbonyl (C=O) groups excluding carboxylic acids is 1. The predicted molar refractivity (Wildman–Crippen MR) is 54.8 cm³/mol. The van der Waals surface area contributed by atoms with Crippen molar-refractivity contribution in [3.63, 3.8) is 0 Å². The maximum absolute atomic E-state index is 11.4. The van der Waals surface area contributed by atoms with E-state index in [1.807, 2.05) is 0 Å². The average Bonchev–Trinajstić information content (AvgIpc) is 2.49. The van der Waals surface area contributed by atoms with Crippen molar-refractivity contribution in [2.75, 3.05) is 20.3 Å². The maximum atomic E-state index is 11.4. The van der Waals surface area contributed by atoms with Crippen LogP contribution in [0.3, 0.4) is 0 Å². The normalized spacial score (nSPS) is 32.0. The fourth-order valence-electron chi connectivity index (χ4n) is 2.27. The number of methoxy groups -OCH3 is 1. The van der Waals surface area contributed by atoms with Gasteiger partial charge < -0.3 is 15.8 Å². The van der Waals surface area contributed by atoms with Crippen LogP contribution in [0.5, 0.6) is 0 Å². The Morgan fingerprint density at radius 3 is 2.86 bits per heavy atom. The summed E-state index contributed by atoms with van der Waals surface area (Å²) >= 11 is 0. The van der Waals surface area contributed by atoms with Crippen LogP contribution in [0.2, 0.25) is 0 Å². The van der Waals surface area contributed by atoms with Gasteiger partial charge in [-0.1, -0.05) is 13.3 Å². The molecular weight excluding hydrogens is 180 g/mol. The second-order valence-electron chi connectivity index (χ2n) is 4.05. The molecule has 1 saturated carbocycles. The second kappa shape index (κ2) is 4.75. The largest absolute Gasteiger partial charge is 0.383 e. The zero-order chi connectivity index (χ0) is 10.6. The number of nitrogens with one attached hydrogen (secondary N) is 1. The summed E-state index contributed by atoms with van der Waals surface area (Å²) in [5, 5.41) is 3.25. The number of primary amides is 1. The molecule has 14 heavy (non-hydrogen) atoms. The molecule has 3 N–H and O–H groups in total. The quantitative estimate of drug-likeness (QED) is 0.626. The highest BCUT2D eigenvalue weighted by molar-refractivity contribution is 5.85. The van der Waals surface area contributed by atoms with Gasteiger partial charge in [0.1, 0.15) is 5.54 Å². The Bertz CT molecular complexity index is 208. The Balaban J connectivity index is 2.58. The zero-order valence-electron chi connectivity index (χ0n) is 9.01. The molecule has 1 aliphatic carbocycles. The SMILES string of the molecule is COCCNC1(C(N)=O)CCCC1C.